The van der Waals surface area contributed by atoms with Crippen molar-refractivity contribution in [3.8, 4) is 17.0 Å². The van der Waals surface area contributed by atoms with Crippen molar-refractivity contribution >= 4 is 35.6 Å². The lowest BCUT2D eigenvalue weighted by atomic mass is 10.1. The molecule has 178 valence electrons. The molecule has 8 nitrogen and oxygen atoms in total. The number of nitrogen functional groups attached to an aromatic ring is 1. The minimum Gasteiger partial charge on any atom is -0.494 e. The Bertz CT molecular complexity index is 1290. The SMILES string of the molecule is CCC(=O)c1cnc(N)cc1Nc1cccc(-c2cc(P(=O)(C3CC3)C3CC3)n(C)n2)c1OC. The second-order valence-corrected chi connectivity index (χ2v) is 12.5. The third kappa shape index (κ3) is 3.90. The zero-order valence-corrected chi connectivity index (χ0v) is 20.6. The molecule has 0 aliphatic heterocycles. The maximum atomic E-state index is 14.1. The Morgan fingerprint density at radius 3 is 2.53 bits per heavy atom. The number of nitrogens with two attached hydrogens (primary N) is 1. The molecule has 2 aromatic heterocycles. The molecular weight excluding hydrogens is 449 g/mol. The monoisotopic (exact) mass is 479 g/mol. The summed E-state index contributed by atoms with van der Waals surface area (Å²) in [5.74, 6) is 0.871. The lowest BCUT2D eigenvalue weighted by molar-refractivity contribution is 0.0988. The lowest BCUT2D eigenvalue weighted by Crippen LogP contribution is -2.20. The van der Waals surface area contributed by atoms with E-state index in [2.05, 4.69) is 10.3 Å². The molecule has 2 fully saturated rings. The van der Waals surface area contributed by atoms with Gasteiger partial charge >= 0.3 is 0 Å². The van der Waals surface area contributed by atoms with E-state index in [1.54, 1.807) is 17.9 Å². The summed E-state index contributed by atoms with van der Waals surface area (Å²) in [6, 6.07) is 9.35. The van der Waals surface area contributed by atoms with Gasteiger partial charge in [0.1, 0.15) is 13.0 Å². The predicted molar refractivity (Wildman–Crippen MR) is 135 cm³/mol. The van der Waals surface area contributed by atoms with Gasteiger partial charge < -0.3 is 20.4 Å². The van der Waals surface area contributed by atoms with E-state index < -0.39 is 7.14 Å². The molecule has 0 spiro atoms. The summed E-state index contributed by atoms with van der Waals surface area (Å²) in [6.07, 6.45) is 6.04. The zero-order chi connectivity index (χ0) is 24.0. The predicted octanol–water partition coefficient (Wildman–Crippen LogP) is 4.72. The number of hydrogen-bond acceptors (Lipinski definition) is 7. The minimum atomic E-state index is -2.46. The van der Waals surface area contributed by atoms with Gasteiger partial charge in [-0.3, -0.25) is 9.48 Å². The number of anilines is 3. The Morgan fingerprint density at radius 1 is 1.21 bits per heavy atom. The summed E-state index contributed by atoms with van der Waals surface area (Å²) in [5, 5.41) is 8.06. The van der Waals surface area contributed by atoms with Gasteiger partial charge in [-0.25, -0.2) is 4.98 Å². The number of nitrogens with zero attached hydrogens (tertiary/aromatic N) is 3. The molecule has 0 atom stereocenters. The second kappa shape index (κ2) is 8.58. The van der Waals surface area contributed by atoms with Crippen molar-refractivity contribution in [3.05, 3.63) is 42.1 Å². The lowest BCUT2D eigenvalue weighted by Gasteiger charge is -2.17. The first-order valence-corrected chi connectivity index (χ1v) is 13.6. The molecule has 0 bridgehead atoms. The number of ketones is 1. The Morgan fingerprint density at radius 2 is 1.91 bits per heavy atom. The Hall–Kier alpha value is -3.12. The van der Waals surface area contributed by atoms with E-state index in [9.17, 15) is 9.36 Å². The maximum absolute atomic E-state index is 14.1. The molecule has 0 radical (unpaired) electrons. The Kier molecular flexibility index (Phi) is 5.72. The van der Waals surface area contributed by atoms with Gasteiger partial charge in [0.15, 0.2) is 11.5 Å². The van der Waals surface area contributed by atoms with Crippen LogP contribution in [-0.4, -0.2) is 39.0 Å². The average Bonchev–Trinajstić information content (AvgIpc) is 3.75. The number of ether oxygens (including phenoxy) is 1. The molecule has 2 aliphatic carbocycles. The molecule has 2 saturated carbocycles. The number of nitrogens with one attached hydrogen (secondary N) is 1. The van der Waals surface area contributed by atoms with Crippen LogP contribution in [0.3, 0.4) is 0 Å². The number of aryl methyl sites for hydroxylation is 1. The first kappa shape index (κ1) is 22.7. The number of para-hydroxylation sites is 1. The number of hydrogen-bond donors (Lipinski definition) is 2. The third-order valence-corrected chi connectivity index (χ3v) is 11.0. The summed E-state index contributed by atoms with van der Waals surface area (Å²) in [7, 11) is 1.02. The van der Waals surface area contributed by atoms with Gasteiger partial charge in [0.2, 0.25) is 0 Å². The van der Waals surface area contributed by atoms with Crippen molar-refractivity contribution in [2.75, 3.05) is 18.2 Å². The van der Waals surface area contributed by atoms with Crippen LogP contribution in [0.25, 0.3) is 11.3 Å². The maximum Gasteiger partial charge on any atom is 0.166 e. The summed E-state index contributed by atoms with van der Waals surface area (Å²) in [4.78, 5) is 16.5. The topological polar surface area (TPSA) is 112 Å². The van der Waals surface area contributed by atoms with E-state index in [0.717, 1.165) is 42.4 Å². The van der Waals surface area contributed by atoms with Gasteiger partial charge in [-0.1, -0.05) is 13.0 Å². The number of carbonyl (C=O) groups is 1. The molecule has 3 N–H and O–H groups in total. The van der Waals surface area contributed by atoms with Crippen LogP contribution < -0.4 is 21.2 Å². The fourth-order valence-electron chi connectivity index (χ4n) is 4.69. The minimum absolute atomic E-state index is 0.0320. The Labute approximate surface area is 199 Å². The van der Waals surface area contributed by atoms with Crippen LogP contribution in [0.2, 0.25) is 0 Å². The number of benzene rings is 1. The van der Waals surface area contributed by atoms with Crippen LogP contribution in [-0.2, 0) is 11.6 Å². The summed E-state index contributed by atoms with van der Waals surface area (Å²) >= 11 is 0. The molecule has 2 aliphatic rings. The fourth-order valence-corrected chi connectivity index (χ4v) is 8.69. The van der Waals surface area contributed by atoms with Crippen molar-refractivity contribution in [2.45, 2.75) is 50.3 Å². The molecule has 1 aromatic carbocycles. The normalized spacial score (nSPS) is 15.9. The van der Waals surface area contributed by atoms with E-state index in [-0.39, 0.29) is 5.78 Å². The van der Waals surface area contributed by atoms with Crippen LogP contribution in [0.5, 0.6) is 5.75 Å². The highest BCUT2D eigenvalue weighted by molar-refractivity contribution is 7.73. The van der Waals surface area contributed by atoms with Gasteiger partial charge in [0.25, 0.3) is 0 Å². The first-order valence-electron chi connectivity index (χ1n) is 11.7. The molecular formula is C25H30N5O3P. The standard InChI is InChI=1S/C25H30N5O3P/c1-4-22(31)18-14-27-23(26)12-20(18)28-19-7-5-6-17(25(19)33-3)21-13-24(30(2)29-21)34(32,15-8-9-15)16-10-11-16/h5-7,12-16H,4,8-11H2,1-3H3,(H3,26,27,28). The van der Waals surface area contributed by atoms with Gasteiger partial charge in [0.05, 0.1) is 35.2 Å². The number of carbonyl (C=O) groups excluding carboxylic acids is 1. The summed E-state index contributed by atoms with van der Waals surface area (Å²) in [5.41, 5.74) is 10.6. The number of rotatable bonds is 9. The number of aromatic nitrogens is 3. The van der Waals surface area contributed by atoms with Crippen molar-refractivity contribution in [1.29, 1.82) is 0 Å². The van der Waals surface area contributed by atoms with Gasteiger partial charge in [0, 0.05) is 42.6 Å². The molecule has 3 aromatic rings. The number of methoxy groups -OCH3 is 1. The zero-order valence-electron chi connectivity index (χ0n) is 19.7. The summed E-state index contributed by atoms with van der Waals surface area (Å²) < 4.78 is 21.7. The fraction of sp³-hybridized carbons (Fsp3) is 0.400. The van der Waals surface area contributed by atoms with Gasteiger partial charge in [-0.15, -0.1) is 0 Å². The number of Topliss-reactive ketones (excluding diaryl/α,β-unsaturated/α-hetero) is 1. The van der Waals surface area contributed by atoms with Crippen LogP contribution in [0.15, 0.2) is 36.5 Å². The molecule has 0 unspecified atom stereocenters. The molecule has 2 heterocycles. The van der Waals surface area contributed by atoms with Crippen LogP contribution in [0.1, 0.15) is 49.4 Å². The highest BCUT2D eigenvalue weighted by atomic mass is 31.2. The van der Waals surface area contributed by atoms with Crippen molar-refractivity contribution in [2.24, 2.45) is 7.05 Å². The van der Waals surface area contributed by atoms with Crippen LogP contribution >= 0.6 is 7.14 Å². The third-order valence-electron chi connectivity index (χ3n) is 6.70. The molecule has 0 amide bonds. The van der Waals surface area contributed by atoms with Gasteiger partial charge in [-0.2, -0.15) is 5.10 Å². The molecule has 0 saturated heterocycles. The molecule has 9 heteroatoms. The van der Waals surface area contributed by atoms with Crippen LogP contribution in [0.4, 0.5) is 17.2 Å². The van der Waals surface area contributed by atoms with Gasteiger partial charge in [-0.05, 0) is 43.9 Å². The smallest absolute Gasteiger partial charge is 0.166 e. The largest absolute Gasteiger partial charge is 0.494 e. The first-order chi connectivity index (χ1) is 16.4. The van der Waals surface area contributed by atoms with E-state index in [4.69, 9.17) is 15.6 Å². The van der Waals surface area contributed by atoms with E-state index in [1.165, 1.54) is 6.20 Å². The van der Waals surface area contributed by atoms with E-state index in [1.807, 2.05) is 38.2 Å². The van der Waals surface area contributed by atoms with E-state index in [0.29, 0.717) is 46.2 Å². The van der Waals surface area contributed by atoms with E-state index >= 15 is 0 Å². The number of pyridine rings is 1. The van der Waals surface area contributed by atoms with Crippen molar-refractivity contribution in [3.63, 3.8) is 0 Å². The van der Waals surface area contributed by atoms with Crippen molar-refractivity contribution < 1.29 is 14.1 Å². The average molecular weight is 480 g/mol. The van der Waals surface area contributed by atoms with Crippen molar-refractivity contribution in [1.82, 2.24) is 14.8 Å². The highest BCUT2D eigenvalue weighted by Crippen LogP contribution is 2.69. The highest BCUT2D eigenvalue weighted by Gasteiger charge is 2.53. The summed E-state index contributed by atoms with van der Waals surface area (Å²) in [6.45, 7) is 1.81. The second-order valence-electron chi connectivity index (χ2n) is 9.13. The Balaban J connectivity index is 1.55. The quantitative estimate of drug-likeness (QED) is 0.337. The molecule has 34 heavy (non-hydrogen) atoms. The van der Waals surface area contributed by atoms with Crippen LogP contribution in [0, 0.1) is 0 Å². The molecule has 5 rings (SSSR count).